The number of hydrogen-bond donors (Lipinski definition) is 0. The van der Waals surface area contributed by atoms with Crippen molar-refractivity contribution in [2.24, 2.45) is 11.8 Å². The number of benzene rings is 1. The van der Waals surface area contributed by atoms with E-state index in [1.165, 1.54) is 41.4 Å². The van der Waals surface area contributed by atoms with Gasteiger partial charge in [0.2, 0.25) is 0 Å². The molecule has 7 nitrogen and oxygen atoms in total. The van der Waals surface area contributed by atoms with Crippen molar-refractivity contribution >= 4 is 50.2 Å². The Morgan fingerprint density at radius 2 is 1.45 bits per heavy atom. The van der Waals surface area contributed by atoms with Gasteiger partial charge in [-0.2, -0.15) is 9.61 Å². The molecule has 3 aromatic heterocycles. The van der Waals surface area contributed by atoms with Crippen molar-refractivity contribution < 1.29 is 9.47 Å². The molecule has 0 unspecified atom stereocenters. The predicted octanol–water partition coefficient (Wildman–Crippen LogP) is 9.79. The Balaban J connectivity index is 1.39. The summed E-state index contributed by atoms with van der Waals surface area (Å²) in [4.78, 5) is 12.6. The highest BCUT2D eigenvalue weighted by Crippen LogP contribution is 2.49. The summed E-state index contributed by atoms with van der Waals surface area (Å²) < 4.78 is 16.0. The zero-order valence-electron chi connectivity index (χ0n) is 29.1. The number of halogens is 1. The lowest BCUT2D eigenvalue weighted by molar-refractivity contribution is 0.0940. The van der Waals surface area contributed by atoms with Crippen molar-refractivity contribution in [1.82, 2.24) is 19.6 Å². The summed E-state index contributed by atoms with van der Waals surface area (Å²) in [7, 11) is -2.44. The maximum Gasteiger partial charge on any atom is 0.165 e. The van der Waals surface area contributed by atoms with E-state index in [1.807, 2.05) is 23.0 Å². The van der Waals surface area contributed by atoms with Gasteiger partial charge in [0.1, 0.15) is 13.5 Å². The van der Waals surface area contributed by atoms with Crippen molar-refractivity contribution in [3.63, 3.8) is 0 Å². The Morgan fingerprint density at radius 1 is 0.809 bits per heavy atom. The highest BCUT2D eigenvalue weighted by Gasteiger charge is 2.37. The summed E-state index contributed by atoms with van der Waals surface area (Å²) in [6.45, 7) is 16.9. The molecule has 3 atom stereocenters. The van der Waals surface area contributed by atoms with Crippen LogP contribution in [-0.2, 0) is 9.47 Å². The lowest BCUT2D eigenvalue weighted by atomic mass is 9.79. The van der Waals surface area contributed by atoms with Gasteiger partial charge >= 0.3 is 0 Å². The third kappa shape index (κ3) is 8.73. The molecule has 0 spiro atoms. The summed E-state index contributed by atoms with van der Waals surface area (Å²) in [6, 6.07) is 16.9. The summed E-state index contributed by atoms with van der Waals surface area (Å²) in [5.74, 6) is 3.13. The predicted molar refractivity (Wildman–Crippen MR) is 208 cm³/mol. The van der Waals surface area contributed by atoms with Gasteiger partial charge in [-0.1, -0.05) is 88.5 Å². The Labute approximate surface area is 297 Å². The molecule has 4 aromatic rings. The minimum absolute atomic E-state index is 0.459. The van der Waals surface area contributed by atoms with E-state index in [2.05, 4.69) is 103 Å². The van der Waals surface area contributed by atoms with Crippen LogP contribution in [0.15, 0.2) is 54.9 Å². The second-order valence-corrected chi connectivity index (χ2v) is 28.5. The van der Waals surface area contributed by atoms with Gasteiger partial charge in [-0.3, -0.25) is 4.98 Å². The van der Waals surface area contributed by atoms with Crippen molar-refractivity contribution in [3.8, 4) is 22.4 Å². The van der Waals surface area contributed by atoms with Crippen molar-refractivity contribution in [2.75, 3.05) is 31.6 Å². The van der Waals surface area contributed by atoms with E-state index in [0.29, 0.717) is 19.4 Å². The molecular weight excluding hydrogens is 730 g/mol. The first-order chi connectivity index (χ1) is 22.4. The summed E-state index contributed by atoms with van der Waals surface area (Å²) in [6.07, 6.45) is 10.5. The summed E-state index contributed by atoms with van der Waals surface area (Å²) in [5, 5.41) is 5.00. The van der Waals surface area contributed by atoms with Crippen molar-refractivity contribution in [1.29, 1.82) is 0 Å². The van der Waals surface area contributed by atoms with Crippen molar-refractivity contribution in [2.45, 2.75) is 89.4 Å². The normalized spacial score (nSPS) is 19.9. The third-order valence-corrected chi connectivity index (χ3v) is 14.2. The quantitative estimate of drug-likeness (QED) is 0.0550. The van der Waals surface area contributed by atoms with Crippen molar-refractivity contribution in [3.05, 3.63) is 64.1 Å². The van der Waals surface area contributed by atoms with Crippen LogP contribution in [0.1, 0.15) is 43.7 Å². The number of rotatable bonds is 14. The fraction of sp³-hybridized carbons (Fsp3) is 0.541. The van der Waals surface area contributed by atoms with E-state index < -0.39 is 16.1 Å². The van der Waals surface area contributed by atoms with Crippen LogP contribution < -0.4 is 4.90 Å². The molecule has 2 saturated carbocycles. The largest absolute Gasteiger partial charge is 0.361 e. The number of ether oxygens (including phenoxy) is 2. The van der Waals surface area contributed by atoms with Gasteiger partial charge in [-0.15, -0.1) is 0 Å². The van der Waals surface area contributed by atoms with Gasteiger partial charge in [0.15, 0.2) is 11.5 Å². The Morgan fingerprint density at radius 3 is 2.02 bits per heavy atom. The van der Waals surface area contributed by atoms with Gasteiger partial charge in [0.25, 0.3) is 0 Å². The maximum atomic E-state index is 6.42. The Kier molecular flexibility index (Phi) is 10.9. The van der Waals surface area contributed by atoms with E-state index in [0.717, 1.165) is 71.0 Å². The van der Waals surface area contributed by atoms with Gasteiger partial charge in [-0.25, -0.2) is 4.98 Å². The van der Waals surface area contributed by atoms with Crippen LogP contribution in [0.2, 0.25) is 51.4 Å². The molecule has 0 aliphatic heterocycles. The fourth-order valence-electron chi connectivity index (χ4n) is 7.05. The molecule has 0 N–H and O–H groups in total. The Bertz CT molecular complexity index is 1600. The molecule has 10 heteroatoms. The van der Waals surface area contributed by atoms with E-state index >= 15 is 0 Å². The second-order valence-electron chi connectivity index (χ2n) is 16.2. The molecule has 0 saturated heterocycles. The van der Waals surface area contributed by atoms with Crippen LogP contribution >= 0.6 is 22.6 Å². The number of anilines is 1. The molecule has 3 heterocycles. The molecular formula is C37H52IN5O2Si2. The smallest absolute Gasteiger partial charge is 0.165 e. The van der Waals surface area contributed by atoms with Crippen LogP contribution in [0, 0.1) is 15.4 Å². The number of aromatic nitrogens is 4. The molecule has 252 valence electrons. The second kappa shape index (κ2) is 14.8. The Hall–Kier alpha value is -2.13. The van der Waals surface area contributed by atoms with Gasteiger partial charge in [-0.05, 0) is 71.8 Å². The number of fused-ring (bicyclic) bond motifs is 3. The van der Waals surface area contributed by atoms with Crippen LogP contribution in [0.25, 0.3) is 28.0 Å². The topological polar surface area (TPSA) is 64.8 Å². The van der Waals surface area contributed by atoms with Gasteiger partial charge < -0.3 is 14.4 Å². The van der Waals surface area contributed by atoms with Crippen LogP contribution in [0.3, 0.4) is 0 Å². The highest BCUT2D eigenvalue weighted by atomic mass is 127. The first-order valence-electron chi connectivity index (χ1n) is 17.4. The minimum Gasteiger partial charge on any atom is -0.361 e. The third-order valence-electron chi connectivity index (χ3n) is 9.79. The monoisotopic (exact) mass is 781 g/mol. The molecule has 2 aliphatic carbocycles. The lowest BCUT2D eigenvalue weighted by Crippen LogP contribution is -2.34. The maximum absolute atomic E-state index is 6.42. The molecule has 6 rings (SSSR count). The molecule has 1 aromatic carbocycles. The van der Waals surface area contributed by atoms with E-state index in [9.17, 15) is 0 Å². The zero-order chi connectivity index (χ0) is 33.2. The molecule has 2 aliphatic rings. The summed E-state index contributed by atoms with van der Waals surface area (Å²) >= 11 is 2.55. The molecule has 0 amide bonds. The molecule has 0 radical (unpaired) electrons. The standard InChI is InChI=1S/C37H52IN5O2Si2/c1-46(2,3)18-16-44-25-42(26-45-17-19-47(4,5)6)37-34(38)35(31-21-27-12-13-28(20-27)22-31)41-36-32(24-40-43(36)37)30-14-15-33(39-23-30)29-10-8-7-9-11-29/h7-11,14-15,23-24,27-28,31H,12-13,16-22,25-26H2,1-6H3/t27-,28+,31+. The zero-order valence-corrected chi connectivity index (χ0v) is 33.3. The lowest BCUT2D eigenvalue weighted by Gasteiger charge is -2.31. The first kappa shape index (κ1) is 34.7. The minimum atomic E-state index is -1.22. The number of nitrogens with zero attached hydrogens (tertiary/aromatic N) is 5. The number of pyridine rings is 1. The molecule has 2 fully saturated rings. The molecule has 47 heavy (non-hydrogen) atoms. The van der Waals surface area contributed by atoms with Crippen LogP contribution in [-0.4, -0.2) is 62.4 Å². The highest BCUT2D eigenvalue weighted by molar-refractivity contribution is 14.1. The van der Waals surface area contributed by atoms with E-state index in [-0.39, 0.29) is 0 Å². The van der Waals surface area contributed by atoms with E-state index in [1.54, 1.807) is 0 Å². The van der Waals surface area contributed by atoms with E-state index in [4.69, 9.17) is 24.5 Å². The fourth-order valence-corrected chi connectivity index (χ4v) is 9.70. The van der Waals surface area contributed by atoms with Crippen LogP contribution in [0.4, 0.5) is 5.82 Å². The van der Waals surface area contributed by atoms with Gasteiger partial charge in [0, 0.05) is 58.2 Å². The SMILES string of the molecule is C[Si](C)(C)CCOCN(COCC[Si](C)(C)C)c1c(I)c([C@H]2C[C@@H]3CC[C@@H](C3)C2)nc2c(-c3ccc(-c4ccccc4)nc3)cnn12. The average molecular weight is 782 g/mol. The average Bonchev–Trinajstić information content (AvgIpc) is 3.61. The van der Waals surface area contributed by atoms with Gasteiger partial charge in [0.05, 0.1) is 21.2 Å². The van der Waals surface area contributed by atoms with Crippen LogP contribution in [0.5, 0.6) is 0 Å². The summed E-state index contributed by atoms with van der Waals surface area (Å²) in [5.41, 5.74) is 6.21. The number of hydrogen-bond acceptors (Lipinski definition) is 6. The first-order valence-corrected chi connectivity index (χ1v) is 25.9. The molecule has 2 bridgehead atoms.